The number of likely N-dealkylation sites (tertiary alicyclic amines) is 1. The molecule has 1 aromatic rings. The van der Waals surface area contributed by atoms with Gasteiger partial charge in [0, 0.05) is 24.4 Å². The summed E-state index contributed by atoms with van der Waals surface area (Å²) >= 11 is 12.5. The van der Waals surface area contributed by atoms with E-state index >= 15 is 0 Å². The van der Waals surface area contributed by atoms with E-state index in [-0.39, 0.29) is 11.3 Å². The highest BCUT2D eigenvalue weighted by Crippen LogP contribution is 2.41. The number of carbonyl (C=O) groups excluding carboxylic acids is 1. The Hall–Kier alpha value is -0.990. The first-order chi connectivity index (χ1) is 12.6. The van der Waals surface area contributed by atoms with Gasteiger partial charge in [0.05, 0.1) is 10.0 Å². The number of hydrogen-bond donors (Lipinski definition) is 0. The Kier molecular flexibility index (Phi) is 6.69. The number of amides is 1. The molecule has 2 fully saturated rings. The number of piperidine rings is 1. The molecule has 0 bridgehead atoms. The number of hydrogen-bond acceptors (Lipinski definition) is 1. The Bertz CT molecular complexity index is 654. The van der Waals surface area contributed by atoms with Crippen LogP contribution in [-0.4, -0.2) is 23.9 Å². The quantitative estimate of drug-likeness (QED) is 0.529. The predicted octanol–water partition coefficient (Wildman–Crippen LogP) is 6.40. The Balaban J connectivity index is 1.84. The van der Waals surface area contributed by atoms with Crippen LogP contribution in [0.25, 0.3) is 0 Å². The first-order valence-corrected chi connectivity index (χ1v) is 10.7. The van der Waals surface area contributed by atoms with E-state index in [1.165, 1.54) is 24.8 Å². The zero-order chi connectivity index (χ0) is 18.6. The molecule has 1 heterocycles. The lowest BCUT2D eigenvalue weighted by Gasteiger charge is -2.45. The van der Waals surface area contributed by atoms with Crippen molar-refractivity contribution < 1.29 is 4.79 Å². The Morgan fingerprint density at radius 1 is 1.19 bits per heavy atom. The summed E-state index contributed by atoms with van der Waals surface area (Å²) in [6, 6.07) is 5.98. The van der Waals surface area contributed by atoms with Crippen LogP contribution in [0.4, 0.5) is 0 Å². The van der Waals surface area contributed by atoms with Crippen LogP contribution in [0, 0.1) is 5.92 Å². The van der Waals surface area contributed by atoms with Crippen LogP contribution in [0.5, 0.6) is 0 Å². The molecule has 26 heavy (non-hydrogen) atoms. The van der Waals surface area contributed by atoms with Crippen molar-refractivity contribution in [1.82, 2.24) is 4.90 Å². The fourth-order valence-electron chi connectivity index (χ4n) is 4.72. The van der Waals surface area contributed by atoms with E-state index in [0.717, 1.165) is 51.6 Å². The van der Waals surface area contributed by atoms with E-state index in [9.17, 15) is 4.79 Å². The van der Waals surface area contributed by atoms with Crippen LogP contribution < -0.4 is 0 Å². The molecular weight excluding hydrogens is 365 g/mol. The second kappa shape index (κ2) is 8.80. The van der Waals surface area contributed by atoms with E-state index in [4.69, 9.17) is 23.2 Å². The molecule has 2 nitrogen and oxygen atoms in total. The van der Waals surface area contributed by atoms with E-state index in [2.05, 4.69) is 17.5 Å². The van der Waals surface area contributed by atoms with Gasteiger partial charge in [0.1, 0.15) is 0 Å². The van der Waals surface area contributed by atoms with Gasteiger partial charge in [-0.3, -0.25) is 4.79 Å². The summed E-state index contributed by atoms with van der Waals surface area (Å²) in [4.78, 5) is 15.3. The zero-order valence-electron chi connectivity index (χ0n) is 15.5. The number of halogens is 2. The minimum Gasteiger partial charge on any atom is -0.342 e. The summed E-state index contributed by atoms with van der Waals surface area (Å²) in [7, 11) is 0. The maximum Gasteiger partial charge on any atom is 0.225 e. The van der Waals surface area contributed by atoms with Crippen molar-refractivity contribution >= 4 is 29.1 Å². The summed E-state index contributed by atoms with van der Waals surface area (Å²) in [5, 5.41) is 1.18. The molecule has 0 N–H and O–H groups in total. The molecule has 1 saturated heterocycles. The minimum atomic E-state index is -0.0506. The van der Waals surface area contributed by atoms with Gasteiger partial charge in [0.2, 0.25) is 5.91 Å². The monoisotopic (exact) mass is 393 g/mol. The second-order valence-electron chi connectivity index (χ2n) is 7.93. The Labute approximate surface area is 167 Å². The smallest absolute Gasteiger partial charge is 0.225 e. The van der Waals surface area contributed by atoms with Crippen molar-refractivity contribution in [3.63, 3.8) is 0 Å². The molecule has 4 heteroatoms. The third-order valence-electron chi connectivity index (χ3n) is 6.20. The average Bonchev–Trinajstić information content (AvgIpc) is 2.68. The Morgan fingerprint density at radius 3 is 2.65 bits per heavy atom. The number of benzene rings is 1. The van der Waals surface area contributed by atoms with Gasteiger partial charge >= 0.3 is 0 Å². The van der Waals surface area contributed by atoms with E-state index < -0.39 is 0 Å². The van der Waals surface area contributed by atoms with E-state index in [1.54, 1.807) is 0 Å². The normalized spacial score (nSPS) is 24.5. The van der Waals surface area contributed by atoms with Crippen LogP contribution >= 0.6 is 23.2 Å². The van der Waals surface area contributed by atoms with Crippen LogP contribution in [0.2, 0.25) is 10.0 Å². The number of rotatable bonds is 5. The van der Waals surface area contributed by atoms with Gasteiger partial charge in [-0.05, 0) is 56.2 Å². The molecule has 142 valence electrons. The molecule has 1 unspecified atom stereocenters. The molecular formula is C22H29Cl2NO. The highest BCUT2D eigenvalue weighted by molar-refractivity contribution is 6.42. The topological polar surface area (TPSA) is 20.3 Å². The highest BCUT2D eigenvalue weighted by Gasteiger charge is 2.39. The standard InChI is InChI=1S/C22H29Cl2NO/c1-2-3-12-22(18-10-11-19(23)20(24)15-18)13-7-14-25(16-22)21(26)17-8-5-4-6-9-17/h2,10-11,15,17H,1,3-9,12-14,16H2. The summed E-state index contributed by atoms with van der Waals surface area (Å²) in [5.74, 6) is 0.597. The third kappa shape index (κ3) is 4.28. The van der Waals surface area contributed by atoms with Crippen molar-refractivity contribution in [1.29, 1.82) is 0 Å². The zero-order valence-corrected chi connectivity index (χ0v) is 17.0. The van der Waals surface area contributed by atoms with Gasteiger partial charge in [-0.1, -0.05) is 54.6 Å². The molecule has 0 aromatic heterocycles. The van der Waals surface area contributed by atoms with Crippen LogP contribution in [-0.2, 0) is 10.2 Å². The van der Waals surface area contributed by atoms with Crippen molar-refractivity contribution in [3.8, 4) is 0 Å². The molecule has 1 aliphatic heterocycles. The fourth-order valence-corrected chi connectivity index (χ4v) is 5.01. The van der Waals surface area contributed by atoms with Crippen molar-refractivity contribution in [2.24, 2.45) is 5.92 Å². The number of carbonyl (C=O) groups is 1. The molecule has 1 saturated carbocycles. The number of allylic oxidation sites excluding steroid dienone is 1. The lowest BCUT2D eigenvalue weighted by atomic mass is 9.70. The first-order valence-electron chi connectivity index (χ1n) is 9.91. The second-order valence-corrected chi connectivity index (χ2v) is 8.75. The van der Waals surface area contributed by atoms with Crippen molar-refractivity contribution in [3.05, 3.63) is 46.5 Å². The SMILES string of the molecule is C=CCCC1(c2ccc(Cl)c(Cl)c2)CCCN(C(=O)C2CCCCC2)C1. The van der Waals surface area contributed by atoms with Crippen molar-refractivity contribution in [2.75, 3.05) is 13.1 Å². The molecule has 1 amide bonds. The summed E-state index contributed by atoms with van der Waals surface area (Å²) in [6.07, 6.45) is 11.8. The predicted molar refractivity (Wildman–Crippen MR) is 110 cm³/mol. The van der Waals surface area contributed by atoms with Gasteiger partial charge in [-0.2, -0.15) is 0 Å². The van der Waals surface area contributed by atoms with Gasteiger partial charge in [0.15, 0.2) is 0 Å². The first kappa shape index (κ1) is 19.8. The molecule has 0 spiro atoms. The molecule has 2 aliphatic rings. The number of nitrogens with zero attached hydrogens (tertiary/aromatic N) is 1. The maximum atomic E-state index is 13.1. The van der Waals surface area contributed by atoms with Crippen molar-refractivity contribution in [2.45, 2.75) is 63.2 Å². The van der Waals surface area contributed by atoms with Gasteiger partial charge < -0.3 is 4.90 Å². The van der Waals surface area contributed by atoms with Gasteiger partial charge in [-0.25, -0.2) is 0 Å². The Morgan fingerprint density at radius 2 is 1.96 bits per heavy atom. The molecule has 0 radical (unpaired) electrons. The molecule has 1 atom stereocenters. The van der Waals surface area contributed by atoms with E-state index in [1.807, 2.05) is 18.2 Å². The summed E-state index contributed by atoms with van der Waals surface area (Å²) in [6.45, 7) is 5.57. The fraction of sp³-hybridized carbons (Fsp3) is 0.591. The van der Waals surface area contributed by atoms with Crippen LogP contribution in [0.3, 0.4) is 0 Å². The van der Waals surface area contributed by atoms with Crippen LogP contribution in [0.1, 0.15) is 63.4 Å². The molecule has 1 aliphatic carbocycles. The average molecular weight is 394 g/mol. The summed E-state index contributed by atoms with van der Waals surface area (Å²) < 4.78 is 0. The lowest BCUT2D eigenvalue weighted by Crippen LogP contribution is -2.50. The lowest BCUT2D eigenvalue weighted by molar-refractivity contribution is -0.139. The largest absolute Gasteiger partial charge is 0.342 e. The van der Waals surface area contributed by atoms with Gasteiger partial charge in [0.25, 0.3) is 0 Å². The maximum absolute atomic E-state index is 13.1. The van der Waals surface area contributed by atoms with Crippen LogP contribution in [0.15, 0.2) is 30.9 Å². The molecule has 3 rings (SSSR count). The molecule has 1 aromatic carbocycles. The minimum absolute atomic E-state index is 0.0506. The van der Waals surface area contributed by atoms with Gasteiger partial charge in [-0.15, -0.1) is 6.58 Å². The summed E-state index contributed by atoms with van der Waals surface area (Å²) in [5.41, 5.74) is 1.15. The third-order valence-corrected chi connectivity index (χ3v) is 6.94. The highest BCUT2D eigenvalue weighted by atomic mass is 35.5. The van der Waals surface area contributed by atoms with E-state index in [0.29, 0.717) is 16.0 Å².